The highest BCUT2D eigenvalue weighted by Crippen LogP contribution is 2.30. The van der Waals surface area contributed by atoms with E-state index in [-0.39, 0.29) is 12.5 Å². The summed E-state index contributed by atoms with van der Waals surface area (Å²) in [4.78, 5) is 17.9. The number of nitrogens with zero attached hydrogens (tertiary/aromatic N) is 2. The molecule has 0 N–H and O–H groups in total. The number of carbonyl (C=O) groups excluding carboxylic acids is 1. The number of rotatable bonds is 10. The Morgan fingerprint density at radius 3 is 2.29 bits per heavy atom. The van der Waals surface area contributed by atoms with Gasteiger partial charge in [-0.15, -0.1) is 0 Å². The van der Waals surface area contributed by atoms with E-state index in [2.05, 4.69) is 9.88 Å². The van der Waals surface area contributed by atoms with Gasteiger partial charge in [-0.1, -0.05) is 30.3 Å². The van der Waals surface area contributed by atoms with Crippen molar-refractivity contribution >= 4 is 5.97 Å². The molecule has 0 aliphatic heterocycles. The lowest BCUT2D eigenvalue weighted by Gasteiger charge is -2.18. The Labute approximate surface area is 195 Å². The summed E-state index contributed by atoms with van der Waals surface area (Å²) in [5.74, 6) is 0.313. The largest absolute Gasteiger partial charge is 0.479 e. The maximum Gasteiger partial charge on any atom is 0.417 e. The molecule has 180 valence electrons. The van der Waals surface area contributed by atoms with Crippen LogP contribution in [0.15, 0.2) is 72.9 Å². The third-order valence-corrected chi connectivity index (χ3v) is 4.77. The van der Waals surface area contributed by atoms with Gasteiger partial charge in [-0.3, -0.25) is 4.90 Å². The fourth-order valence-corrected chi connectivity index (χ4v) is 2.96. The SMILES string of the molecule is CC(Oc1ccc(Oc2ccc(C(F)(F)F)cn2)cc1)C(=O)OCCN(C)Cc1ccccc1. The average Bonchev–Trinajstić information content (AvgIpc) is 2.80. The summed E-state index contributed by atoms with van der Waals surface area (Å²) in [5, 5.41) is 0. The number of aromatic nitrogens is 1. The van der Waals surface area contributed by atoms with E-state index in [1.54, 1.807) is 31.2 Å². The quantitative estimate of drug-likeness (QED) is 0.370. The maximum atomic E-state index is 12.6. The molecule has 1 heterocycles. The van der Waals surface area contributed by atoms with Crippen LogP contribution in [0.5, 0.6) is 17.4 Å². The van der Waals surface area contributed by atoms with Crippen molar-refractivity contribution < 1.29 is 32.2 Å². The van der Waals surface area contributed by atoms with Gasteiger partial charge < -0.3 is 14.2 Å². The fraction of sp³-hybridized carbons (Fsp3) is 0.280. The van der Waals surface area contributed by atoms with E-state index in [0.29, 0.717) is 24.2 Å². The molecule has 0 fully saturated rings. The number of halogens is 3. The first-order chi connectivity index (χ1) is 16.2. The van der Waals surface area contributed by atoms with Crippen LogP contribution in [0.3, 0.4) is 0 Å². The summed E-state index contributed by atoms with van der Waals surface area (Å²) in [6.45, 7) is 3.16. The Hall–Kier alpha value is -3.59. The molecule has 0 aliphatic rings. The molecule has 34 heavy (non-hydrogen) atoms. The third kappa shape index (κ3) is 7.77. The van der Waals surface area contributed by atoms with Crippen molar-refractivity contribution in [1.82, 2.24) is 9.88 Å². The van der Waals surface area contributed by atoms with E-state index >= 15 is 0 Å². The highest BCUT2D eigenvalue weighted by Gasteiger charge is 2.30. The molecule has 1 atom stereocenters. The number of alkyl halides is 3. The number of hydrogen-bond acceptors (Lipinski definition) is 6. The van der Waals surface area contributed by atoms with Crippen molar-refractivity contribution in [3.63, 3.8) is 0 Å². The summed E-state index contributed by atoms with van der Waals surface area (Å²) in [5.41, 5.74) is 0.321. The summed E-state index contributed by atoms with van der Waals surface area (Å²) < 4.78 is 54.2. The van der Waals surface area contributed by atoms with Gasteiger partial charge in [0.1, 0.15) is 18.1 Å². The molecule has 0 radical (unpaired) electrons. The van der Waals surface area contributed by atoms with E-state index < -0.39 is 23.8 Å². The molecule has 1 unspecified atom stereocenters. The highest BCUT2D eigenvalue weighted by atomic mass is 19.4. The van der Waals surface area contributed by atoms with Crippen LogP contribution in [0.2, 0.25) is 0 Å². The lowest BCUT2D eigenvalue weighted by molar-refractivity contribution is -0.151. The van der Waals surface area contributed by atoms with Crippen LogP contribution in [-0.2, 0) is 22.3 Å². The first-order valence-corrected chi connectivity index (χ1v) is 10.6. The van der Waals surface area contributed by atoms with Crippen molar-refractivity contribution in [2.75, 3.05) is 20.2 Å². The van der Waals surface area contributed by atoms with Crippen molar-refractivity contribution in [2.45, 2.75) is 25.7 Å². The minimum Gasteiger partial charge on any atom is -0.479 e. The Morgan fingerprint density at radius 1 is 1.00 bits per heavy atom. The summed E-state index contributed by atoms with van der Waals surface area (Å²) in [6, 6.07) is 18.3. The van der Waals surface area contributed by atoms with Gasteiger partial charge in [-0.25, -0.2) is 9.78 Å². The van der Waals surface area contributed by atoms with Crippen LogP contribution in [0.4, 0.5) is 13.2 Å². The lowest BCUT2D eigenvalue weighted by atomic mass is 10.2. The Bertz CT molecular complexity index is 1040. The van der Waals surface area contributed by atoms with E-state index in [1.807, 2.05) is 37.4 Å². The Morgan fingerprint density at radius 2 is 1.68 bits per heavy atom. The average molecular weight is 474 g/mol. The smallest absolute Gasteiger partial charge is 0.417 e. The molecule has 0 spiro atoms. The molecule has 3 aromatic rings. The van der Waals surface area contributed by atoms with Gasteiger partial charge >= 0.3 is 12.1 Å². The van der Waals surface area contributed by atoms with Gasteiger partial charge in [0.25, 0.3) is 0 Å². The summed E-state index contributed by atoms with van der Waals surface area (Å²) in [7, 11) is 1.95. The molecule has 6 nitrogen and oxygen atoms in total. The molecule has 0 saturated carbocycles. The number of likely N-dealkylation sites (N-methyl/N-ethyl adjacent to an activating group) is 1. The van der Waals surface area contributed by atoms with Crippen LogP contribution in [-0.4, -0.2) is 42.2 Å². The molecule has 0 saturated heterocycles. The number of hydrogen-bond donors (Lipinski definition) is 0. The van der Waals surface area contributed by atoms with E-state index in [1.165, 1.54) is 5.56 Å². The van der Waals surface area contributed by atoms with Crippen molar-refractivity contribution in [2.24, 2.45) is 0 Å². The third-order valence-electron chi connectivity index (χ3n) is 4.77. The Balaban J connectivity index is 1.42. The van der Waals surface area contributed by atoms with Gasteiger partial charge in [-0.2, -0.15) is 13.2 Å². The van der Waals surface area contributed by atoms with Crippen LogP contribution in [0.25, 0.3) is 0 Å². The zero-order chi connectivity index (χ0) is 24.6. The predicted molar refractivity (Wildman–Crippen MR) is 120 cm³/mol. The van der Waals surface area contributed by atoms with Crippen molar-refractivity contribution in [3.05, 3.63) is 84.1 Å². The number of benzene rings is 2. The minimum atomic E-state index is -4.46. The molecular formula is C25H25F3N2O4. The molecule has 1 aromatic heterocycles. The molecule has 0 amide bonds. The summed E-state index contributed by atoms with van der Waals surface area (Å²) in [6.07, 6.45) is -4.57. The van der Waals surface area contributed by atoms with Gasteiger partial charge in [0.05, 0.1) is 5.56 Å². The number of pyridine rings is 1. The van der Waals surface area contributed by atoms with Gasteiger partial charge in [-0.05, 0) is 49.9 Å². The van der Waals surface area contributed by atoms with Crippen LogP contribution >= 0.6 is 0 Å². The zero-order valence-corrected chi connectivity index (χ0v) is 18.8. The van der Waals surface area contributed by atoms with Crippen molar-refractivity contribution in [1.29, 1.82) is 0 Å². The second-order valence-electron chi connectivity index (χ2n) is 7.61. The zero-order valence-electron chi connectivity index (χ0n) is 18.8. The number of carbonyl (C=O) groups is 1. The van der Waals surface area contributed by atoms with E-state index in [9.17, 15) is 18.0 Å². The first kappa shape index (κ1) is 25.0. The van der Waals surface area contributed by atoms with Crippen molar-refractivity contribution in [3.8, 4) is 17.4 Å². The molecular weight excluding hydrogens is 449 g/mol. The topological polar surface area (TPSA) is 60.9 Å². The normalized spacial score (nSPS) is 12.3. The van der Waals surface area contributed by atoms with E-state index in [4.69, 9.17) is 14.2 Å². The standard InChI is InChI=1S/C25H25F3N2O4/c1-18(24(31)32-15-14-30(2)17-19-6-4-3-5-7-19)33-21-9-11-22(12-10-21)34-23-13-8-20(16-29-23)25(26,27)28/h3-13,16,18H,14-15,17H2,1-2H3. The Kier molecular flexibility index (Phi) is 8.48. The van der Waals surface area contributed by atoms with Crippen LogP contribution in [0.1, 0.15) is 18.1 Å². The fourth-order valence-electron chi connectivity index (χ4n) is 2.96. The minimum absolute atomic E-state index is 0.0239. The van der Waals surface area contributed by atoms with Crippen LogP contribution < -0.4 is 9.47 Å². The van der Waals surface area contributed by atoms with Crippen LogP contribution in [0, 0.1) is 0 Å². The van der Waals surface area contributed by atoms with Gasteiger partial charge in [0.2, 0.25) is 5.88 Å². The molecule has 3 rings (SSSR count). The second-order valence-corrected chi connectivity index (χ2v) is 7.61. The van der Waals surface area contributed by atoms with E-state index in [0.717, 1.165) is 18.7 Å². The number of ether oxygens (including phenoxy) is 3. The first-order valence-electron chi connectivity index (χ1n) is 10.6. The molecule has 9 heteroatoms. The van der Waals surface area contributed by atoms with Gasteiger partial charge in [0, 0.05) is 25.4 Å². The second kappa shape index (κ2) is 11.5. The predicted octanol–water partition coefficient (Wildman–Crippen LogP) is 5.34. The highest BCUT2D eigenvalue weighted by molar-refractivity contribution is 5.74. The monoisotopic (exact) mass is 474 g/mol. The molecule has 0 bridgehead atoms. The summed E-state index contributed by atoms with van der Waals surface area (Å²) >= 11 is 0. The molecule has 2 aromatic carbocycles. The number of esters is 1. The lowest BCUT2D eigenvalue weighted by Crippen LogP contribution is -2.30. The maximum absolute atomic E-state index is 12.6. The van der Waals surface area contributed by atoms with Gasteiger partial charge in [0.15, 0.2) is 6.10 Å². The molecule has 0 aliphatic carbocycles.